The van der Waals surface area contributed by atoms with Gasteiger partial charge in [0.25, 0.3) is 0 Å². The van der Waals surface area contributed by atoms with Crippen LogP contribution >= 0.6 is 11.6 Å². The first-order valence-electron chi connectivity index (χ1n) is 6.14. The predicted molar refractivity (Wildman–Crippen MR) is 74.8 cm³/mol. The van der Waals surface area contributed by atoms with Crippen LogP contribution in [0.15, 0.2) is 36.5 Å². The molecule has 1 N–H and O–H groups in total. The maximum absolute atomic E-state index is 6.13. The first-order chi connectivity index (χ1) is 8.65. The molecular weight excluding hydrogens is 246 g/mol. The monoisotopic (exact) mass is 263 g/mol. The van der Waals surface area contributed by atoms with Gasteiger partial charge in [0.2, 0.25) is 0 Å². The molecule has 0 amide bonds. The molecule has 4 heteroatoms. The number of nitrogens with zero attached hydrogens (tertiary/aromatic N) is 2. The number of hydrogen-bond acceptors (Lipinski definition) is 2. The van der Waals surface area contributed by atoms with E-state index in [-0.39, 0.29) is 0 Å². The van der Waals surface area contributed by atoms with Crippen molar-refractivity contribution in [3.05, 3.63) is 52.8 Å². The Bertz CT molecular complexity index is 505. The van der Waals surface area contributed by atoms with Crippen LogP contribution in [0.2, 0.25) is 5.02 Å². The Hall–Kier alpha value is -1.32. The molecule has 1 aromatic heterocycles. The second kappa shape index (κ2) is 6.03. The van der Waals surface area contributed by atoms with Gasteiger partial charge in [0.05, 0.1) is 12.2 Å². The highest BCUT2D eigenvalue weighted by molar-refractivity contribution is 6.31. The quantitative estimate of drug-likeness (QED) is 0.899. The lowest BCUT2D eigenvalue weighted by atomic mass is 10.2. The van der Waals surface area contributed by atoms with Gasteiger partial charge in [0.1, 0.15) is 0 Å². The van der Waals surface area contributed by atoms with Crippen LogP contribution in [0.4, 0.5) is 0 Å². The fraction of sp³-hybridized carbons (Fsp3) is 0.357. The molecule has 0 aliphatic heterocycles. The van der Waals surface area contributed by atoms with Gasteiger partial charge in [-0.05, 0) is 17.7 Å². The third-order valence-electron chi connectivity index (χ3n) is 2.68. The van der Waals surface area contributed by atoms with Crippen molar-refractivity contribution in [3.8, 4) is 0 Å². The molecule has 0 fully saturated rings. The number of halogens is 1. The van der Waals surface area contributed by atoms with E-state index < -0.39 is 0 Å². The summed E-state index contributed by atoms with van der Waals surface area (Å²) in [4.78, 5) is 0. The fourth-order valence-corrected chi connectivity index (χ4v) is 1.89. The van der Waals surface area contributed by atoms with E-state index in [9.17, 15) is 0 Å². The Morgan fingerprint density at radius 2 is 2.06 bits per heavy atom. The van der Waals surface area contributed by atoms with Gasteiger partial charge in [-0.15, -0.1) is 0 Å². The zero-order valence-corrected chi connectivity index (χ0v) is 11.5. The van der Waals surface area contributed by atoms with Crippen molar-refractivity contribution in [1.29, 1.82) is 0 Å². The van der Waals surface area contributed by atoms with Crippen LogP contribution in [0.3, 0.4) is 0 Å². The Morgan fingerprint density at radius 1 is 1.28 bits per heavy atom. The van der Waals surface area contributed by atoms with Crippen LogP contribution in [0.25, 0.3) is 0 Å². The van der Waals surface area contributed by atoms with E-state index in [0.717, 1.165) is 22.8 Å². The van der Waals surface area contributed by atoms with Crippen molar-refractivity contribution >= 4 is 11.6 Å². The van der Waals surface area contributed by atoms with Crippen molar-refractivity contribution in [2.45, 2.75) is 33.0 Å². The van der Waals surface area contributed by atoms with E-state index in [1.165, 1.54) is 0 Å². The largest absolute Gasteiger partial charge is 0.309 e. The van der Waals surface area contributed by atoms with Crippen LogP contribution in [0, 0.1) is 0 Å². The van der Waals surface area contributed by atoms with Crippen LogP contribution in [-0.4, -0.2) is 15.8 Å². The zero-order valence-electron chi connectivity index (χ0n) is 10.7. The smallest absolute Gasteiger partial charge is 0.0762 e. The number of benzene rings is 1. The Kier molecular flexibility index (Phi) is 4.39. The van der Waals surface area contributed by atoms with Gasteiger partial charge in [0, 0.05) is 23.8 Å². The van der Waals surface area contributed by atoms with Crippen LogP contribution < -0.4 is 5.32 Å². The second-order valence-corrected chi connectivity index (χ2v) is 5.04. The first kappa shape index (κ1) is 13.1. The summed E-state index contributed by atoms with van der Waals surface area (Å²) in [5.41, 5.74) is 2.14. The highest BCUT2D eigenvalue weighted by atomic mass is 35.5. The highest BCUT2D eigenvalue weighted by Crippen LogP contribution is 2.15. The van der Waals surface area contributed by atoms with Crippen molar-refractivity contribution in [2.75, 3.05) is 0 Å². The second-order valence-electron chi connectivity index (χ2n) is 4.63. The number of nitrogens with one attached hydrogen (secondary N) is 1. The Labute approximate surface area is 113 Å². The molecule has 3 nitrogen and oxygen atoms in total. The van der Waals surface area contributed by atoms with Gasteiger partial charge in [-0.25, -0.2) is 0 Å². The molecule has 1 heterocycles. The molecule has 0 atom stereocenters. The summed E-state index contributed by atoms with van der Waals surface area (Å²) in [5, 5.41) is 8.65. The van der Waals surface area contributed by atoms with Gasteiger partial charge in [-0.1, -0.05) is 43.6 Å². The molecule has 0 aliphatic rings. The van der Waals surface area contributed by atoms with Gasteiger partial charge in [-0.2, -0.15) is 5.10 Å². The molecular formula is C14H18ClN3. The van der Waals surface area contributed by atoms with E-state index in [0.29, 0.717) is 12.6 Å². The summed E-state index contributed by atoms with van der Waals surface area (Å²) in [7, 11) is 0. The minimum atomic E-state index is 0.471. The SMILES string of the molecule is CC(C)NCc1ccn(Cc2ccccc2Cl)n1. The summed E-state index contributed by atoms with van der Waals surface area (Å²) < 4.78 is 1.92. The summed E-state index contributed by atoms with van der Waals surface area (Å²) in [6.07, 6.45) is 1.99. The molecule has 0 bridgehead atoms. The number of rotatable bonds is 5. The molecule has 0 aliphatic carbocycles. The van der Waals surface area contributed by atoms with E-state index >= 15 is 0 Å². The van der Waals surface area contributed by atoms with E-state index in [4.69, 9.17) is 11.6 Å². The third-order valence-corrected chi connectivity index (χ3v) is 3.05. The topological polar surface area (TPSA) is 29.9 Å². The molecule has 1 aromatic carbocycles. The maximum atomic E-state index is 6.13. The average Bonchev–Trinajstić information content (AvgIpc) is 2.77. The normalized spacial score (nSPS) is 11.1. The average molecular weight is 264 g/mol. The van der Waals surface area contributed by atoms with E-state index in [2.05, 4.69) is 24.3 Å². The number of hydrogen-bond donors (Lipinski definition) is 1. The third kappa shape index (κ3) is 3.59. The Morgan fingerprint density at radius 3 is 2.78 bits per heavy atom. The minimum Gasteiger partial charge on any atom is -0.309 e. The minimum absolute atomic E-state index is 0.471. The summed E-state index contributed by atoms with van der Waals surface area (Å²) in [6, 6.07) is 10.4. The van der Waals surface area contributed by atoms with E-state index in [1.807, 2.05) is 41.2 Å². The standard InChI is InChI=1S/C14H18ClN3/c1-11(2)16-9-13-7-8-18(17-13)10-12-5-3-4-6-14(12)15/h3-8,11,16H,9-10H2,1-2H3. The highest BCUT2D eigenvalue weighted by Gasteiger charge is 2.03. The summed E-state index contributed by atoms with van der Waals surface area (Å²) in [5.74, 6) is 0. The van der Waals surface area contributed by atoms with Gasteiger partial charge in [0.15, 0.2) is 0 Å². The van der Waals surface area contributed by atoms with Crippen molar-refractivity contribution in [2.24, 2.45) is 0 Å². The summed E-state index contributed by atoms with van der Waals surface area (Å²) >= 11 is 6.13. The molecule has 0 saturated heterocycles. The maximum Gasteiger partial charge on any atom is 0.0762 e. The van der Waals surface area contributed by atoms with Crippen LogP contribution in [0.5, 0.6) is 0 Å². The molecule has 96 valence electrons. The molecule has 2 rings (SSSR count). The fourth-order valence-electron chi connectivity index (χ4n) is 1.70. The molecule has 0 unspecified atom stereocenters. The molecule has 2 aromatic rings. The van der Waals surface area contributed by atoms with Gasteiger partial charge in [-0.3, -0.25) is 4.68 Å². The molecule has 0 saturated carbocycles. The van der Waals surface area contributed by atoms with Crippen molar-refractivity contribution in [3.63, 3.8) is 0 Å². The van der Waals surface area contributed by atoms with Crippen molar-refractivity contribution in [1.82, 2.24) is 15.1 Å². The molecule has 0 radical (unpaired) electrons. The zero-order chi connectivity index (χ0) is 13.0. The lowest BCUT2D eigenvalue weighted by molar-refractivity contribution is 0.570. The van der Waals surface area contributed by atoms with Gasteiger partial charge >= 0.3 is 0 Å². The van der Waals surface area contributed by atoms with Crippen LogP contribution in [-0.2, 0) is 13.1 Å². The molecule has 18 heavy (non-hydrogen) atoms. The Balaban J connectivity index is 2.00. The van der Waals surface area contributed by atoms with Crippen LogP contribution in [0.1, 0.15) is 25.1 Å². The number of aromatic nitrogens is 2. The van der Waals surface area contributed by atoms with Crippen molar-refractivity contribution < 1.29 is 0 Å². The predicted octanol–water partition coefficient (Wildman–Crippen LogP) is 3.08. The summed E-state index contributed by atoms with van der Waals surface area (Å²) in [6.45, 7) is 5.76. The van der Waals surface area contributed by atoms with E-state index in [1.54, 1.807) is 0 Å². The lowest BCUT2D eigenvalue weighted by Crippen LogP contribution is -2.22. The molecule has 0 spiro atoms. The van der Waals surface area contributed by atoms with Gasteiger partial charge < -0.3 is 5.32 Å². The lowest BCUT2D eigenvalue weighted by Gasteiger charge is -2.06. The first-order valence-corrected chi connectivity index (χ1v) is 6.52.